The zero-order valence-corrected chi connectivity index (χ0v) is 19.8. The van der Waals surface area contributed by atoms with Gasteiger partial charge in [-0.05, 0) is 48.4 Å². The molecule has 1 amide bonds. The zero-order chi connectivity index (χ0) is 25.4. The summed E-state index contributed by atoms with van der Waals surface area (Å²) in [4.78, 5) is 27.8. The quantitative estimate of drug-likeness (QED) is 0.267. The summed E-state index contributed by atoms with van der Waals surface area (Å²) >= 11 is 6.19. The summed E-state index contributed by atoms with van der Waals surface area (Å²) in [5, 5.41) is 32.0. The SMILES string of the molecule is COc1cc(/C(O)=C2\C(=O)C(=O)N(c3cc(C)ccc3O)C2c2ccc(O)cc2)c(OC)cc1Cl. The minimum absolute atomic E-state index is 0.0202. The molecule has 0 saturated carbocycles. The van der Waals surface area contributed by atoms with Crippen LogP contribution < -0.4 is 14.4 Å². The number of phenolic OH excluding ortho intramolecular Hbond substituents is 2. The van der Waals surface area contributed by atoms with Crippen molar-refractivity contribution >= 4 is 34.7 Å². The predicted octanol–water partition coefficient (Wildman–Crippen LogP) is 4.70. The molecule has 3 N–H and O–H groups in total. The Kier molecular flexibility index (Phi) is 6.32. The molecule has 0 bridgehead atoms. The van der Waals surface area contributed by atoms with E-state index in [-0.39, 0.29) is 44.8 Å². The number of benzene rings is 3. The Hall–Kier alpha value is -4.17. The van der Waals surface area contributed by atoms with E-state index < -0.39 is 23.5 Å². The van der Waals surface area contributed by atoms with Gasteiger partial charge in [0.2, 0.25) is 0 Å². The smallest absolute Gasteiger partial charge is 0.300 e. The largest absolute Gasteiger partial charge is 0.508 e. The summed E-state index contributed by atoms with van der Waals surface area (Å²) in [5.41, 5.74) is 1.12. The summed E-state index contributed by atoms with van der Waals surface area (Å²) in [6.45, 7) is 1.78. The number of anilines is 1. The highest BCUT2D eigenvalue weighted by Crippen LogP contribution is 2.46. The number of methoxy groups -OCH3 is 2. The maximum Gasteiger partial charge on any atom is 0.300 e. The van der Waals surface area contributed by atoms with E-state index in [1.807, 2.05) is 0 Å². The van der Waals surface area contributed by atoms with Crippen LogP contribution in [0, 0.1) is 6.92 Å². The van der Waals surface area contributed by atoms with Crippen molar-refractivity contribution in [3.8, 4) is 23.0 Å². The lowest BCUT2D eigenvalue weighted by Crippen LogP contribution is -2.29. The van der Waals surface area contributed by atoms with Gasteiger partial charge < -0.3 is 24.8 Å². The molecule has 1 aliphatic rings. The number of amides is 1. The van der Waals surface area contributed by atoms with Crippen LogP contribution in [-0.2, 0) is 9.59 Å². The third-order valence-corrected chi connectivity index (χ3v) is 6.07. The number of ketones is 1. The van der Waals surface area contributed by atoms with Crippen LogP contribution in [0.15, 0.2) is 60.2 Å². The van der Waals surface area contributed by atoms with Crippen molar-refractivity contribution in [2.45, 2.75) is 13.0 Å². The molecule has 1 unspecified atom stereocenters. The van der Waals surface area contributed by atoms with Gasteiger partial charge in [-0.25, -0.2) is 0 Å². The minimum Gasteiger partial charge on any atom is -0.508 e. The third-order valence-electron chi connectivity index (χ3n) is 5.77. The molecule has 3 aromatic carbocycles. The molecular weight excluding hydrogens is 474 g/mol. The fraction of sp³-hybridized carbons (Fsp3) is 0.154. The van der Waals surface area contributed by atoms with Gasteiger partial charge in [-0.3, -0.25) is 14.5 Å². The molecule has 3 aromatic rings. The molecule has 1 heterocycles. The van der Waals surface area contributed by atoms with Gasteiger partial charge in [0, 0.05) is 6.07 Å². The second-order valence-electron chi connectivity index (χ2n) is 7.94. The molecule has 0 aliphatic carbocycles. The number of aliphatic hydroxyl groups excluding tert-OH is 1. The number of carbonyl (C=O) groups is 2. The maximum atomic E-state index is 13.3. The van der Waals surface area contributed by atoms with Gasteiger partial charge in [0.05, 0.1) is 42.1 Å². The van der Waals surface area contributed by atoms with Gasteiger partial charge >= 0.3 is 0 Å². The predicted molar refractivity (Wildman–Crippen MR) is 130 cm³/mol. The lowest BCUT2D eigenvalue weighted by Gasteiger charge is -2.26. The number of Topliss-reactive ketones (excluding diaryl/α,β-unsaturated/α-hetero) is 1. The molecule has 0 spiro atoms. The van der Waals surface area contributed by atoms with Gasteiger partial charge in [-0.2, -0.15) is 0 Å². The van der Waals surface area contributed by atoms with E-state index in [1.54, 1.807) is 19.1 Å². The molecule has 180 valence electrons. The highest BCUT2D eigenvalue weighted by molar-refractivity contribution is 6.52. The Bertz CT molecular complexity index is 1360. The van der Waals surface area contributed by atoms with Gasteiger partial charge in [0.25, 0.3) is 11.7 Å². The van der Waals surface area contributed by atoms with Crippen LogP contribution >= 0.6 is 11.6 Å². The van der Waals surface area contributed by atoms with Gasteiger partial charge in [0.15, 0.2) is 0 Å². The zero-order valence-electron chi connectivity index (χ0n) is 19.1. The first-order valence-corrected chi connectivity index (χ1v) is 10.9. The Morgan fingerprint density at radius 3 is 2.23 bits per heavy atom. The number of aliphatic hydroxyl groups is 1. The molecular formula is C26H22ClNO7. The summed E-state index contributed by atoms with van der Waals surface area (Å²) in [7, 11) is 2.77. The van der Waals surface area contributed by atoms with Crippen molar-refractivity contribution in [3.63, 3.8) is 0 Å². The average molecular weight is 496 g/mol. The fourth-order valence-electron chi connectivity index (χ4n) is 4.07. The Morgan fingerprint density at radius 2 is 1.60 bits per heavy atom. The second-order valence-corrected chi connectivity index (χ2v) is 8.35. The standard InChI is InChI=1S/C26H22ClNO7/c1-13-4-9-19(30)18(10-13)28-23(14-5-7-15(29)8-6-14)22(25(32)26(28)33)24(31)16-11-21(35-3)17(27)12-20(16)34-2/h4-12,23,29-31H,1-3H3/b24-22+. The van der Waals surface area contributed by atoms with E-state index in [0.717, 1.165) is 10.5 Å². The molecule has 0 aromatic heterocycles. The Morgan fingerprint density at radius 1 is 0.943 bits per heavy atom. The molecule has 1 fully saturated rings. The van der Waals surface area contributed by atoms with Gasteiger partial charge in [-0.15, -0.1) is 0 Å². The lowest BCUT2D eigenvalue weighted by molar-refractivity contribution is -0.132. The summed E-state index contributed by atoms with van der Waals surface area (Å²) in [5.74, 6) is -2.27. The van der Waals surface area contributed by atoms with Gasteiger partial charge in [-0.1, -0.05) is 29.8 Å². The van der Waals surface area contributed by atoms with E-state index in [0.29, 0.717) is 5.56 Å². The summed E-state index contributed by atoms with van der Waals surface area (Å²) < 4.78 is 10.6. The van der Waals surface area contributed by atoms with Crippen molar-refractivity contribution in [1.82, 2.24) is 0 Å². The third kappa shape index (κ3) is 4.13. The van der Waals surface area contributed by atoms with Crippen molar-refractivity contribution < 1.29 is 34.4 Å². The van der Waals surface area contributed by atoms with Crippen LogP contribution in [0.2, 0.25) is 5.02 Å². The maximum absolute atomic E-state index is 13.3. The number of aromatic hydroxyl groups is 2. The van der Waals surface area contributed by atoms with Crippen LogP contribution in [0.4, 0.5) is 5.69 Å². The van der Waals surface area contributed by atoms with Crippen LogP contribution in [0.3, 0.4) is 0 Å². The van der Waals surface area contributed by atoms with E-state index in [4.69, 9.17) is 21.1 Å². The second kappa shape index (κ2) is 9.23. The Labute approximate surface area is 206 Å². The number of phenols is 2. The van der Waals surface area contributed by atoms with Crippen molar-refractivity contribution in [1.29, 1.82) is 0 Å². The van der Waals surface area contributed by atoms with Crippen molar-refractivity contribution in [2.75, 3.05) is 19.1 Å². The van der Waals surface area contributed by atoms with Crippen LogP contribution in [0.5, 0.6) is 23.0 Å². The number of hydrogen-bond acceptors (Lipinski definition) is 7. The topological polar surface area (TPSA) is 117 Å². The van der Waals surface area contributed by atoms with Crippen molar-refractivity contribution in [2.24, 2.45) is 0 Å². The molecule has 1 aliphatic heterocycles. The Balaban J connectivity index is 2.03. The number of ether oxygens (including phenoxy) is 2. The first-order chi connectivity index (χ1) is 16.7. The van der Waals surface area contributed by atoms with E-state index in [1.165, 1.54) is 56.7 Å². The van der Waals surface area contributed by atoms with E-state index in [9.17, 15) is 24.9 Å². The van der Waals surface area contributed by atoms with Crippen molar-refractivity contribution in [3.05, 3.63) is 81.9 Å². The number of halogens is 1. The highest BCUT2D eigenvalue weighted by Gasteiger charge is 2.48. The normalized spacial score (nSPS) is 17.0. The number of aryl methyl sites for hydroxylation is 1. The first kappa shape index (κ1) is 24.0. The first-order valence-electron chi connectivity index (χ1n) is 10.5. The summed E-state index contributed by atoms with van der Waals surface area (Å²) in [6, 6.07) is 12.2. The number of hydrogen-bond donors (Lipinski definition) is 3. The number of nitrogens with zero attached hydrogens (tertiary/aromatic N) is 1. The molecule has 4 rings (SSSR count). The number of carbonyl (C=O) groups excluding carboxylic acids is 2. The minimum atomic E-state index is -1.12. The molecule has 0 radical (unpaired) electrons. The van der Waals surface area contributed by atoms with Crippen LogP contribution in [0.1, 0.15) is 22.7 Å². The number of rotatable bonds is 5. The van der Waals surface area contributed by atoms with Crippen LogP contribution in [-0.4, -0.2) is 41.2 Å². The van der Waals surface area contributed by atoms with E-state index in [2.05, 4.69) is 0 Å². The average Bonchev–Trinajstić information content (AvgIpc) is 3.10. The summed E-state index contributed by atoms with van der Waals surface area (Å²) in [6.07, 6.45) is 0. The van der Waals surface area contributed by atoms with E-state index >= 15 is 0 Å². The monoisotopic (exact) mass is 495 g/mol. The molecule has 35 heavy (non-hydrogen) atoms. The highest BCUT2D eigenvalue weighted by atomic mass is 35.5. The molecule has 8 nitrogen and oxygen atoms in total. The van der Waals surface area contributed by atoms with Crippen LogP contribution in [0.25, 0.3) is 5.76 Å². The molecule has 9 heteroatoms. The lowest BCUT2D eigenvalue weighted by atomic mass is 9.94. The molecule has 1 saturated heterocycles. The molecule has 1 atom stereocenters. The fourth-order valence-corrected chi connectivity index (χ4v) is 4.30. The van der Waals surface area contributed by atoms with Gasteiger partial charge in [0.1, 0.15) is 28.8 Å².